The second-order valence-corrected chi connectivity index (χ2v) is 10.9. The maximum Gasteiger partial charge on any atom is 0.246 e. The number of nitrogens with one attached hydrogen (secondary N) is 1. The quantitative estimate of drug-likeness (QED) is 0.265. The number of anilines is 3. The summed E-state index contributed by atoms with van der Waals surface area (Å²) in [6.07, 6.45) is 9.47. The van der Waals surface area contributed by atoms with Gasteiger partial charge in [0.1, 0.15) is 35.5 Å². The van der Waals surface area contributed by atoms with Crippen LogP contribution in [0.15, 0.2) is 67.9 Å². The number of halogens is 1. The van der Waals surface area contributed by atoms with Gasteiger partial charge in [0.2, 0.25) is 5.91 Å². The van der Waals surface area contributed by atoms with Crippen LogP contribution in [0.3, 0.4) is 0 Å². The number of aromatic nitrogens is 6. The standard InChI is InChI=1S/C31H30FN9O2/c1-3-28(42)40-14-13-39(16-24(40)20-5-4-6-20)26-10-8-23-30(38-26)31(35-17-33-23)37-22-7-9-25(19(2)29(22)32)43-21-11-12-41-27(15-21)34-18-36-41/h3,7-12,15,17-18,20,24H,1,4-6,13-14,16H2,2H3,(H,33,35,37). The number of fused-ring (bicyclic) bond motifs is 2. The third kappa shape index (κ3) is 4.98. The lowest BCUT2D eigenvalue weighted by molar-refractivity contribution is -0.130. The summed E-state index contributed by atoms with van der Waals surface area (Å²) in [6, 6.07) is 10.8. The lowest BCUT2D eigenvalue weighted by Crippen LogP contribution is -2.58. The van der Waals surface area contributed by atoms with Crippen LogP contribution in [0.5, 0.6) is 11.5 Å². The van der Waals surface area contributed by atoms with Gasteiger partial charge >= 0.3 is 0 Å². The summed E-state index contributed by atoms with van der Waals surface area (Å²) in [5.41, 5.74) is 2.38. The van der Waals surface area contributed by atoms with E-state index in [4.69, 9.17) is 9.72 Å². The molecule has 0 radical (unpaired) electrons. The van der Waals surface area contributed by atoms with Crippen molar-refractivity contribution in [2.75, 3.05) is 29.9 Å². The van der Waals surface area contributed by atoms with Gasteiger partial charge < -0.3 is 19.9 Å². The molecule has 218 valence electrons. The summed E-state index contributed by atoms with van der Waals surface area (Å²) in [6.45, 7) is 7.30. The van der Waals surface area contributed by atoms with Crippen molar-refractivity contribution < 1.29 is 13.9 Å². The average molecular weight is 580 g/mol. The smallest absolute Gasteiger partial charge is 0.246 e. The molecule has 5 heterocycles. The van der Waals surface area contributed by atoms with E-state index in [1.165, 1.54) is 25.2 Å². The first-order valence-corrected chi connectivity index (χ1v) is 14.3. The van der Waals surface area contributed by atoms with E-state index in [9.17, 15) is 4.79 Å². The van der Waals surface area contributed by atoms with Crippen molar-refractivity contribution in [2.24, 2.45) is 5.92 Å². The Hall–Kier alpha value is -5.13. The van der Waals surface area contributed by atoms with Crippen molar-refractivity contribution in [3.8, 4) is 11.5 Å². The molecule has 1 atom stereocenters. The van der Waals surface area contributed by atoms with E-state index >= 15 is 4.39 Å². The fourth-order valence-corrected chi connectivity index (χ4v) is 5.82. The molecule has 11 nitrogen and oxygen atoms in total. The highest BCUT2D eigenvalue weighted by Gasteiger charge is 2.38. The van der Waals surface area contributed by atoms with E-state index in [2.05, 4.69) is 36.8 Å². The Labute approximate surface area is 247 Å². The van der Waals surface area contributed by atoms with Gasteiger partial charge in [-0.3, -0.25) is 4.79 Å². The number of ether oxygens (including phenoxy) is 1. The van der Waals surface area contributed by atoms with Gasteiger partial charge in [-0.2, -0.15) is 5.10 Å². The summed E-state index contributed by atoms with van der Waals surface area (Å²) in [5.74, 6) is 2.07. The lowest BCUT2D eigenvalue weighted by Gasteiger charge is -2.47. The van der Waals surface area contributed by atoms with E-state index < -0.39 is 5.82 Å². The Bertz CT molecular complexity index is 1850. The van der Waals surface area contributed by atoms with E-state index in [-0.39, 0.29) is 17.6 Å². The van der Waals surface area contributed by atoms with E-state index in [0.717, 1.165) is 18.7 Å². The molecule has 2 aliphatic rings. The van der Waals surface area contributed by atoms with Gasteiger partial charge in [0.05, 0.1) is 17.2 Å². The van der Waals surface area contributed by atoms with E-state index in [1.807, 2.05) is 17.0 Å². The number of nitrogens with zero attached hydrogens (tertiary/aromatic N) is 8. The maximum absolute atomic E-state index is 15.6. The van der Waals surface area contributed by atoms with Crippen LogP contribution < -0.4 is 15.0 Å². The normalized spacial score (nSPS) is 17.2. The monoisotopic (exact) mass is 579 g/mol. The molecule has 1 unspecified atom stereocenters. The zero-order valence-corrected chi connectivity index (χ0v) is 23.7. The minimum Gasteiger partial charge on any atom is -0.457 e. The van der Waals surface area contributed by atoms with Crippen molar-refractivity contribution in [2.45, 2.75) is 32.2 Å². The van der Waals surface area contributed by atoms with Crippen molar-refractivity contribution in [3.63, 3.8) is 0 Å². The summed E-state index contributed by atoms with van der Waals surface area (Å²) < 4.78 is 23.2. The number of amides is 1. The highest BCUT2D eigenvalue weighted by Crippen LogP contribution is 2.36. The van der Waals surface area contributed by atoms with E-state index in [1.54, 1.807) is 41.9 Å². The fraction of sp³-hybridized carbons (Fsp3) is 0.290. The number of piperazine rings is 1. The third-order valence-electron chi connectivity index (χ3n) is 8.43. The van der Waals surface area contributed by atoms with Crippen molar-refractivity contribution in [1.82, 2.24) is 34.4 Å². The predicted octanol–water partition coefficient (Wildman–Crippen LogP) is 5.05. The first-order valence-electron chi connectivity index (χ1n) is 14.3. The van der Waals surface area contributed by atoms with Crippen molar-refractivity contribution in [1.29, 1.82) is 0 Å². The number of hydrogen-bond donors (Lipinski definition) is 1. The Balaban J connectivity index is 1.14. The second-order valence-electron chi connectivity index (χ2n) is 10.9. The molecule has 1 saturated carbocycles. The molecule has 1 aliphatic carbocycles. The molecule has 1 aromatic carbocycles. The molecule has 0 spiro atoms. The molecule has 12 heteroatoms. The second kappa shape index (κ2) is 10.9. The number of benzene rings is 1. The molecule has 1 aliphatic heterocycles. The Morgan fingerprint density at radius 3 is 2.81 bits per heavy atom. The Morgan fingerprint density at radius 2 is 2.00 bits per heavy atom. The predicted molar refractivity (Wildman–Crippen MR) is 160 cm³/mol. The van der Waals surface area contributed by atoms with Gasteiger partial charge in [-0.25, -0.2) is 28.8 Å². The molecule has 1 saturated heterocycles. The van der Waals surface area contributed by atoms with Gasteiger partial charge in [0.15, 0.2) is 17.3 Å². The molecule has 43 heavy (non-hydrogen) atoms. The van der Waals surface area contributed by atoms with Gasteiger partial charge in [0, 0.05) is 37.5 Å². The fourth-order valence-electron chi connectivity index (χ4n) is 5.82. The lowest BCUT2D eigenvalue weighted by atomic mass is 9.78. The molecular weight excluding hydrogens is 549 g/mol. The first-order chi connectivity index (χ1) is 21.0. The summed E-state index contributed by atoms with van der Waals surface area (Å²) in [7, 11) is 0. The minimum absolute atomic E-state index is 0.0203. The van der Waals surface area contributed by atoms with Crippen molar-refractivity contribution in [3.05, 3.63) is 79.3 Å². The summed E-state index contributed by atoms with van der Waals surface area (Å²) in [4.78, 5) is 34.6. The van der Waals surface area contributed by atoms with Crippen LogP contribution in [0, 0.1) is 18.7 Å². The van der Waals surface area contributed by atoms with Crippen LogP contribution in [-0.4, -0.2) is 66.0 Å². The summed E-state index contributed by atoms with van der Waals surface area (Å²) >= 11 is 0. The number of rotatable bonds is 7. The summed E-state index contributed by atoms with van der Waals surface area (Å²) in [5, 5.41) is 7.20. The van der Waals surface area contributed by atoms with Gasteiger partial charge in [-0.1, -0.05) is 13.0 Å². The molecule has 2 fully saturated rings. The molecular formula is C31H30FN9O2. The number of pyridine rings is 2. The third-order valence-corrected chi connectivity index (χ3v) is 8.43. The van der Waals surface area contributed by atoms with Crippen LogP contribution in [0.4, 0.5) is 21.7 Å². The Kier molecular flexibility index (Phi) is 6.80. The SMILES string of the molecule is C=CC(=O)N1CCN(c2ccc3ncnc(Nc4ccc(Oc5ccn6ncnc6c5)c(C)c4F)c3n2)CC1C1CCC1. The van der Waals surface area contributed by atoms with E-state index in [0.29, 0.717) is 65.1 Å². The van der Waals surface area contributed by atoms with Crippen molar-refractivity contribution >= 4 is 39.9 Å². The highest BCUT2D eigenvalue weighted by atomic mass is 19.1. The molecule has 0 bridgehead atoms. The van der Waals surface area contributed by atoms with Gasteiger partial charge in [-0.15, -0.1) is 0 Å². The van der Waals surface area contributed by atoms with Crippen LogP contribution in [0.1, 0.15) is 24.8 Å². The highest BCUT2D eigenvalue weighted by molar-refractivity contribution is 5.89. The molecule has 1 amide bonds. The maximum atomic E-state index is 15.6. The average Bonchev–Trinajstić information content (AvgIpc) is 3.48. The largest absolute Gasteiger partial charge is 0.457 e. The van der Waals surface area contributed by atoms with Gasteiger partial charge in [0.25, 0.3) is 0 Å². The van der Waals surface area contributed by atoms with Crippen LogP contribution in [0.25, 0.3) is 16.7 Å². The van der Waals surface area contributed by atoms with Crippen LogP contribution in [-0.2, 0) is 4.79 Å². The Morgan fingerprint density at radius 1 is 1.12 bits per heavy atom. The molecule has 5 aromatic rings. The first kappa shape index (κ1) is 26.7. The van der Waals surface area contributed by atoms with Gasteiger partial charge in [-0.05, 0) is 62.1 Å². The number of hydrogen-bond acceptors (Lipinski definition) is 9. The topological polar surface area (TPSA) is 114 Å². The van der Waals surface area contributed by atoms with Crippen LogP contribution in [0.2, 0.25) is 0 Å². The molecule has 4 aromatic heterocycles. The molecule has 1 N–H and O–H groups in total. The zero-order valence-electron chi connectivity index (χ0n) is 23.7. The molecule has 7 rings (SSSR count). The van der Waals surface area contributed by atoms with Crippen LogP contribution >= 0.6 is 0 Å². The number of carbonyl (C=O) groups is 1. The zero-order chi connectivity index (χ0) is 29.5. The number of carbonyl (C=O) groups excluding carboxylic acids is 1. The minimum atomic E-state index is -0.463.